The van der Waals surface area contributed by atoms with Crippen LogP contribution >= 0.6 is 0 Å². The highest BCUT2D eigenvalue weighted by Crippen LogP contribution is 2.28. The van der Waals surface area contributed by atoms with Crippen molar-refractivity contribution < 1.29 is 29.6 Å². The molecular weight excluding hydrogens is 516 g/mol. The number of carbonyl (C=O) groups is 1. The van der Waals surface area contributed by atoms with E-state index in [1.54, 1.807) is 0 Å². The molecule has 240 valence electrons. The Morgan fingerprint density at radius 3 is 1.51 bits per heavy atom. The van der Waals surface area contributed by atoms with Gasteiger partial charge in [0.05, 0.1) is 30.5 Å². The Bertz CT molecular complexity index is 694. The molecule has 0 aliphatic carbocycles. The van der Waals surface area contributed by atoms with Gasteiger partial charge in [0.15, 0.2) is 0 Å². The lowest BCUT2D eigenvalue weighted by molar-refractivity contribution is -0.139. The van der Waals surface area contributed by atoms with E-state index >= 15 is 0 Å². The van der Waals surface area contributed by atoms with Crippen LogP contribution in [0, 0.1) is 0 Å². The van der Waals surface area contributed by atoms with Gasteiger partial charge in [-0.2, -0.15) is 0 Å². The van der Waals surface area contributed by atoms with E-state index in [0.29, 0.717) is 12.0 Å². The summed E-state index contributed by atoms with van der Waals surface area (Å²) in [6, 6.07) is 0. The number of cyclic esters (lactones) is 1. The minimum Gasteiger partial charge on any atom is -0.455 e. The van der Waals surface area contributed by atoms with Crippen LogP contribution in [0.3, 0.4) is 0 Å². The Kier molecular flexibility index (Phi) is 20.0. The molecule has 0 radical (unpaired) electrons. The Balaban J connectivity index is 1.37. The van der Waals surface area contributed by atoms with Crippen molar-refractivity contribution in [2.24, 2.45) is 0 Å². The van der Waals surface area contributed by atoms with Crippen molar-refractivity contribution in [2.45, 2.75) is 205 Å². The largest absolute Gasteiger partial charge is 0.455 e. The first-order valence-electron chi connectivity index (χ1n) is 17.5. The van der Waals surface area contributed by atoms with Crippen molar-refractivity contribution in [3.8, 4) is 0 Å². The molecule has 2 heterocycles. The maximum Gasteiger partial charge on any atom is 0.334 e. The minimum atomic E-state index is -0.461. The Morgan fingerprint density at radius 1 is 0.683 bits per heavy atom. The van der Waals surface area contributed by atoms with Gasteiger partial charge in [0.2, 0.25) is 0 Å². The molecule has 0 aromatic heterocycles. The molecule has 3 N–H and O–H groups in total. The van der Waals surface area contributed by atoms with E-state index in [2.05, 4.69) is 6.92 Å². The fourth-order valence-electron chi connectivity index (χ4n) is 6.40. The first kappa shape index (κ1) is 36.2. The van der Waals surface area contributed by atoms with Crippen LogP contribution in [0.4, 0.5) is 0 Å². The highest BCUT2D eigenvalue weighted by atomic mass is 16.5. The second-order valence-corrected chi connectivity index (χ2v) is 13.0. The van der Waals surface area contributed by atoms with E-state index in [4.69, 9.17) is 9.47 Å². The normalized spacial score (nSPS) is 23.0. The zero-order valence-corrected chi connectivity index (χ0v) is 26.6. The Labute approximate surface area is 251 Å². The molecule has 0 aromatic carbocycles. The minimum absolute atomic E-state index is 0.102. The van der Waals surface area contributed by atoms with Gasteiger partial charge in [-0.05, 0) is 45.1 Å². The summed E-state index contributed by atoms with van der Waals surface area (Å²) >= 11 is 0. The summed E-state index contributed by atoms with van der Waals surface area (Å²) in [6.07, 6.45) is 26.7. The van der Waals surface area contributed by atoms with Gasteiger partial charge in [-0.1, -0.05) is 122 Å². The standard InChI is InChI=1S/C35H64O6/c1-3-4-5-6-7-8-9-13-16-19-22-31(37)33-24-25-34(41-33)32(38)23-20-17-14-11-10-12-15-18-21-30(36)27-29-26-28(2)40-35(29)39/h26,28,30-34,36-38H,3-25,27H2,1-2H3/t28?,30?,31-,32-,33-,34-/m1/s1. The molecule has 1 saturated heterocycles. The number of esters is 1. The van der Waals surface area contributed by atoms with E-state index in [1.807, 2.05) is 13.0 Å². The van der Waals surface area contributed by atoms with Crippen LogP contribution in [0.25, 0.3) is 0 Å². The third-order valence-corrected chi connectivity index (χ3v) is 9.03. The Hall–Kier alpha value is -0.950. The van der Waals surface area contributed by atoms with Gasteiger partial charge in [0.1, 0.15) is 6.10 Å². The molecule has 0 amide bonds. The highest BCUT2D eigenvalue weighted by Gasteiger charge is 2.34. The molecule has 1 fully saturated rings. The summed E-state index contributed by atoms with van der Waals surface area (Å²) in [7, 11) is 0. The van der Waals surface area contributed by atoms with Crippen molar-refractivity contribution in [1.29, 1.82) is 0 Å². The van der Waals surface area contributed by atoms with Gasteiger partial charge in [-0.3, -0.25) is 0 Å². The second-order valence-electron chi connectivity index (χ2n) is 13.0. The van der Waals surface area contributed by atoms with Crippen molar-refractivity contribution in [3.63, 3.8) is 0 Å². The average molecular weight is 581 g/mol. The number of rotatable bonds is 26. The lowest BCUT2D eigenvalue weighted by Crippen LogP contribution is -2.31. The quantitative estimate of drug-likeness (QED) is 0.0707. The molecular formula is C35H64O6. The van der Waals surface area contributed by atoms with Gasteiger partial charge in [0, 0.05) is 12.0 Å². The summed E-state index contributed by atoms with van der Waals surface area (Å²) in [4.78, 5) is 11.6. The third-order valence-electron chi connectivity index (χ3n) is 9.03. The zero-order valence-electron chi connectivity index (χ0n) is 26.6. The van der Waals surface area contributed by atoms with Gasteiger partial charge >= 0.3 is 5.97 Å². The van der Waals surface area contributed by atoms with Crippen LogP contribution in [0.15, 0.2) is 11.6 Å². The summed E-state index contributed by atoms with van der Waals surface area (Å²) in [5.74, 6) is -0.280. The van der Waals surface area contributed by atoms with Crippen molar-refractivity contribution >= 4 is 5.97 Å². The van der Waals surface area contributed by atoms with E-state index < -0.39 is 18.3 Å². The van der Waals surface area contributed by atoms with Crippen molar-refractivity contribution in [3.05, 3.63) is 11.6 Å². The van der Waals surface area contributed by atoms with E-state index in [0.717, 1.165) is 64.2 Å². The maximum absolute atomic E-state index is 11.6. The monoisotopic (exact) mass is 580 g/mol. The van der Waals surface area contributed by atoms with Crippen LogP contribution in [0.5, 0.6) is 0 Å². The van der Waals surface area contributed by atoms with Crippen LogP contribution in [0.2, 0.25) is 0 Å². The number of carbonyl (C=O) groups excluding carboxylic acids is 1. The van der Waals surface area contributed by atoms with Gasteiger partial charge in [-0.25, -0.2) is 4.79 Å². The maximum atomic E-state index is 11.6. The molecule has 6 nitrogen and oxygen atoms in total. The van der Waals surface area contributed by atoms with Crippen LogP contribution in [-0.4, -0.2) is 57.9 Å². The molecule has 2 aliphatic rings. The smallest absolute Gasteiger partial charge is 0.334 e. The molecule has 0 bridgehead atoms. The first-order chi connectivity index (χ1) is 19.9. The number of hydrogen-bond donors (Lipinski definition) is 3. The summed E-state index contributed by atoms with van der Waals surface area (Å²) in [6.45, 7) is 4.10. The summed E-state index contributed by atoms with van der Waals surface area (Å²) in [5.41, 5.74) is 0.617. The number of ether oxygens (including phenoxy) is 2. The molecule has 2 unspecified atom stereocenters. The molecule has 0 aromatic rings. The Morgan fingerprint density at radius 2 is 1.10 bits per heavy atom. The van der Waals surface area contributed by atoms with Gasteiger partial charge < -0.3 is 24.8 Å². The lowest BCUT2D eigenvalue weighted by atomic mass is 9.99. The molecule has 41 heavy (non-hydrogen) atoms. The third kappa shape index (κ3) is 16.5. The first-order valence-corrected chi connectivity index (χ1v) is 17.5. The number of unbranched alkanes of at least 4 members (excludes halogenated alkanes) is 16. The van der Waals surface area contributed by atoms with Crippen LogP contribution in [-0.2, 0) is 14.3 Å². The number of aliphatic hydroxyl groups excluding tert-OH is 3. The summed E-state index contributed by atoms with van der Waals surface area (Å²) in [5, 5.41) is 31.4. The predicted octanol–water partition coefficient (Wildman–Crippen LogP) is 8.09. The van der Waals surface area contributed by atoms with Gasteiger partial charge in [0.25, 0.3) is 0 Å². The average Bonchev–Trinajstić information content (AvgIpc) is 3.57. The molecule has 2 aliphatic heterocycles. The van der Waals surface area contributed by atoms with Crippen molar-refractivity contribution in [2.75, 3.05) is 0 Å². The van der Waals surface area contributed by atoms with Crippen molar-refractivity contribution in [1.82, 2.24) is 0 Å². The summed E-state index contributed by atoms with van der Waals surface area (Å²) < 4.78 is 11.2. The molecule has 0 saturated carbocycles. The second kappa shape index (κ2) is 22.6. The lowest BCUT2D eigenvalue weighted by Gasteiger charge is -2.22. The van der Waals surface area contributed by atoms with E-state index in [1.165, 1.54) is 83.5 Å². The predicted molar refractivity (Wildman–Crippen MR) is 167 cm³/mol. The van der Waals surface area contributed by atoms with Gasteiger partial charge in [-0.15, -0.1) is 0 Å². The molecule has 6 heteroatoms. The molecule has 2 rings (SSSR count). The van der Waals surface area contributed by atoms with E-state index in [9.17, 15) is 20.1 Å². The fraction of sp³-hybridized carbons (Fsp3) is 0.914. The number of hydrogen-bond acceptors (Lipinski definition) is 6. The van der Waals surface area contributed by atoms with Crippen LogP contribution < -0.4 is 0 Å². The highest BCUT2D eigenvalue weighted by molar-refractivity contribution is 5.90. The topological polar surface area (TPSA) is 96.2 Å². The number of aliphatic hydroxyl groups is 3. The fourth-order valence-corrected chi connectivity index (χ4v) is 6.40. The van der Waals surface area contributed by atoms with E-state index in [-0.39, 0.29) is 24.3 Å². The SMILES string of the molecule is CCCCCCCCCCCC[C@@H](O)[C@H]1CC[C@H]([C@H](O)CCCCCCCCCCC(O)CC2=CC(C)OC2=O)O1. The molecule has 0 spiro atoms. The van der Waals surface area contributed by atoms with Crippen LogP contribution in [0.1, 0.15) is 168 Å². The molecule has 6 atom stereocenters. The zero-order chi connectivity index (χ0) is 29.7.